The minimum absolute atomic E-state index is 0.186. The third-order valence-corrected chi connectivity index (χ3v) is 10.4. The third kappa shape index (κ3) is 5.02. The molecule has 0 saturated heterocycles. The second kappa shape index (κ2) is 12.1. The fourth-order valence-corrected chi connectivity index (χ4v) is 7.91. The molecule has 9 rings (SSSR count). The lowest BCUT2D eigenvalue weighted by Crippen LogP contribution is -2.17. The van der Waals surface area contributed by atoms with Gasteiger partial charge in [-0.1, -0.05) is 159 Å². The lowest BCUT2D eigenvalue weighted by molar-refractivity contribution is 0.660. The van der Waals surface area contributed by atoms with Crippen LogP contribution in [0.2, 0.25) is 0 Å². The molecule has 0 amide bonds. The fourth-order valence-electron chi connectivity index (χ4n) is 7.91. The maximum Gasteiger partial charge on any atom is 0.0543 e. The Hall–Kier alpha value is -6.18. The molecule has 1 heteroatoms. The molecular formula is C49H37N. The summed E-state index contributed by atoms with van der Waals surface area (Å²) in [5, 5.41) is 2.50. The summed E-state index contributed by atoms with van der Waals surface area (Å²) in [5.41, 5.74) is 15.9. The molecule has 0 radical (unpaired) electrons. The number of hydrogen-bond acceptors (Lipinski definition) is 1. The minimum atomic E-state index is -0.186. The summed E-state index contributed by atoms with van der Waals surface area (Å²) in [6.45, 7) is 4.76. The number of para-hydroxylation sites is 1. The normalized spacial score (nSPS) is 12.8. The van der Waals surface area contributed by atoms with Crippen LogP contribution in [0.1, 0.15) is 25.0 Å². The first kappa shape index (κ1) is 29.9. The van der Waals surface area contributed by atoms with Crippen LogP contribution >= 0.6 is 0 Å². The standard InChI is InChI=1S/C49H37N/c1-49(2)45-27-15-26-42(35-17-6-3-7-18-35)48(45)44-32-43(36-19-8-4-9-20-36)47(33-46(44)49)50(40-23-10-5-11-24-40)41-25-14-22-38(31-41)39-29-28-34-16-12-13-21-37(34)30-39/h3-33H,1-2H3. The lowest BCUT2D eigenvalue weighted by atomic mass is 9.81. The van der Waals surface area contributed by atoms with E-state index in [9.17, 15) is 0 Å². The molecule has 0 fully saturated rings. The molecular weight excluding hydrogens is 603 g/mol. The highest BCUT2D eigenvalue weighted by Crippen LogP contribution is 2.55. The second-order valence-corrected chi connectivity index (χ2v) is 13.8. The molecule has 0 spiro atoms. The maximum atomic E-state index is 2.47. The maximum absolute atomic E-state index is 2.47. The van der Waals surface area contributed by atoms with Crippen molar-refractivity contribution in [3.63, 3.8) is 0 Å². The predicted octanol–water partition coefficient (Wildman–Crippen LogP) is 13.6. The van der Waals surface area contributed by atoms with E-state index < -0.39 is 0 Å². The molecule has 0 unspecified atom stereocenters. The van der Waals surface area contributed by atoms with Crippen molar-refractivity contribution in [1.29, 1.82) is 0 Å². The van der Waals surface area contributed by atoms with E-state index in [0.717, 1.165) is 11.4 Å². The van der Waals surface area contributed by atoms with Crippen molar-refractivity contribution < 1.29 is 0 Å². The molecule has 50 heavy (non-hydrogen) atoms. The molecule has 0 atom stereocenters. The summed E-state index contributed by atoms with van der Waals surface area (Å²) in [5.74, 6) is 0. The topological polar surface area (TPSA) is 3.24 Å². The largest absolute Gasteiger partial charge is 0.310 e. The second-order valence-electron chi connectivity index (χ2n) is 13.8. The van der Waals surface area contributed by atoms with Gasteiger partial charge in [0.05, 0.1) is 5.69 Å². The summed E-state index contributed by atoms with van der Waals surface area (Å²) < 4.78 is 0. The first-order valence-electron chi connectivity index (χ1n) is 17.4. The van der Waals surface area contributed by atoms with Crippen molar-refractivity contribution in [2.75, 3.05) is 4.90 Å². The van der Waals surface area contributed by atoms with E-state index in [1.165, 1.54) is 72.1 Å². The molecule has 1 aliphatic carbocycles. The van der Waals surface area contributed by atoms with Crippen LogP contribution in [-0.2, 0) is 5.41 Å². The van der Waals surface area contributed by atoms with Crippen LogP contribution < -0.4 is 4.90 Å². The highest BCUT2D eigenvalue weighted by molar-refractivity contribution is 5.99. The fraction of sp³-hybridized carbons (Fsp3) is 0.0612. The molecule has 1 aliphatic rings. The summed E-state index contributed by atoms with van der Waals surface area (Å²) in [7, 11) is 0. The summed E-state index contributed by atoms with van der Waals surface area (Å²) in [4.78, 5) is 2.45. The van der Waals surface area contributed by atoms with Gasteiger partial charge in [-0.25, -0.2) is 0 Å². The number of hydrogen-bond donors (Lipinski definition) is 0. The molecule has 238 valence electrons. The van der Waals surface area contributed by atoms with Crippen LogP contribution in [0.15, 0.2) is 188 Å². The Labute approximate surface area is 294 Å². The van der Waals surface area contributed by atoms with Crippen molar-refractivity contribution in [2.45, 2.75) is 19.3 Å². The van der Waals surface area contributed by atoms with Crippen LogP contribution in [0.3, 0.4) is 0 Å². The molecule has 0 bridgehead atoms. The zero-order valence-electron chi connectivity index (χ0n) is 28.3. The molecule has 0 heterocycles. The number of nitrogens with zero attached hydrogens (tertiary/aromatic N) is 1. The Morgan fingerprint density at radius 3 is 1.68 bits per heavy atom. The zero-order valence-corrected chi connectivity index (χ0v) is 28.3. The van der Waals surface area contributed by atoms with E-state index in [2.05, 4.69) is 207 Å². The number of anilines is 3. The van der Waals surface area contributed by atoms with E-state index >= 15 is 0 Å². The van der Waals surface area contributed by atoms with E-state index in [1.807, 2.05) is 0 Å². The molecule has 1 nitrogen and oxygen atoms in total. The van der Waals surface area contributed by atoms with Crippen molar-refractivity contribution in [3.05, 3.63) is 199 Å². The van der Waals surface area contributed by atoms with Crippen molar-refractivity contribution in [1.82, 2.24) is 0 Å². The van der Waals surface area contributed by atoms with E-state index in [0.29, 0.717) is 0 Å². The van der Waals surface area contributed by atoms with Gasteiger partial charge in [0, 0.05) is 22.4 Å². The summed E-state index contributed by atoms with van der Waals surface area (Å²) in [6, 6.07) is 68.6. The van der Waals surface area contributed by atoms with Crippen molar-refractivity contribution in [2.24, 2.45) is 0 Å². The molecule has 0 saturated carbocycles. The highest BCUT2D eigenvalue weighted by atomic mass is 15.1. The Bertz CT molecular complexity index is 2490. The molecule has 0 N–H and O–H groups in total. The van der Waals surface area contributed by atoms with Gasteiger partial charge in [0.1, 0.15) is 0 Å². The summed E-state index contributed by atoms with van der Waals surface area (Å²) >= 11 is 0. The van der Waals surface area contributed by atoms with Crippen LogP contribution in [0.4, 0.5) is 17.1 Å². The number of benzene rings is 8. The SMILES string of the molecule is CC1(C)c2cc(N(c3ccccc3)c3cccc(-c4ccc5ccccc5c4)c3)c(-c3ccccc3)cc2-c2c(-c3ccccc3)cccc21. The van der Waals surface area contributed by atoms with Crippen molar-refractivity contribution >= 4 is 27.8 Å². The quantitative estimate of drug-likeness (QED) is 0.175. The van der Waals surface area contributed by atoms with Gasteiger partial charge in [0.2, 0.25) is 0 Å². The Kier molecular flexibility index (Phi) is 7.21. The molecule has 8 aromatic rings. The minimum Gasteiger partial charge on any atom is -0.310 e. The van der Waals surface area contributed by atoms with Crippen molar-refractivity contribution in [3.8, 4) is 44.5 Å². The van der Waals surface area contributed by atoms with Crippen LogP contribution in [0.5, 0.6) is 0 Å². The van der Waals surface area contributed by atoms with Gasteiger partial charge in [-0.2, -0.15) is 0 Å². The van der Waals surface area contributed by atoms with E-state index in [1.54, 1.807) is 0 Å². The average Bonchev–Trinajstić information content (AvgIpc) is 3.41. The molecule has 0 aliphatic heterocycles. The first-order valence-corrected chi connectivity index (χ1v) is 17.4. The lowest BCUT2D eigenvalue weighted by Gasteiger charge is -2.30. The average molecular weight is 640 g/mol. The first-order chi connectivity index (χ1) is 24.6. The molecule has 0 aromatic heterocycles. The third-order valence-electron chi connectivity index (χ3n) is 10.4. The smallest absolute Gasteiger partial charge is 0.0543 e. The van der Waals surface area contributed by atoms with Gasteiger partial charge < -0.3 is 4.90 Å². The van der Waals surface area contributed by atoms with E-state index in [4.69, 9.17) is 0 Å². The number of rotatable bonds is 6. The van der Waals surface area contributed by atoms with Gasteiger partial charge in [-0.05, 0) is 103 Å². The van der Waals surface area contributed by atoms with Crippen LogP contribution in [-0.4, -0.2) is 0 Å². The Balaban J connectivity index is 1.29. The Morgan fingerprint density at radius 2 is 0.940 bits per heavy atom. The predicted molar refractivity (Wildman–Crippen MR) is 213 cm³/mol. The van der Waals surface area contributed by atoms with Gasteiger partial charge in [0.15, 0.2) is 0 Å². The highest BCUT2D eigenvalue weighted by Gasteiger charge is 2.38. The Morgan fingerprint density at radius 1 is 0.360 bits per heavy atom. The monoisotopic (exact) mass is 639 g/mol. The summed E-state index contributed by atoms with van der Waals surface area (Å²) in [6.07, 6.45) is 0. The van der Waals surface area contributed by atoms with Gasteiger partial charge in [-0.15, -0.1) is 0 Å². The van der Waals surface area contributed by atoms with Crippen LogP contribution in [0.25, 0.3) is 55.3 Å². The van der Waals surface area contributed by atoms with Gasteiger partial charge >= 0.3 is 0 Å². The number of fused-ring (bicyclic) bond motifs is 4. The van der Waals surface area contributed by atoms with Gasteiger partial charge in [-0.3, -0.25) is 0 Å². The zero-order chi connectivity index (χ0) is 33.7. The van der Waals surface area contributed by atoms with Crippen LogP contribution in [0, 0.1) is 0 Å². The molecule has 8 aromatic carbocycles. The van der Waals surface area contributed by atoms with E-state index in [-0.39, 0.29) is 5.41 Å². The van der Waals surface area contributed by atoms with Gasteiger partial charge in [0.25, 0.3) is 0 Å².